The van der Waals surface area contributed by atoms with Crippen molar-refractivity contribution in [2.45, 2.75) is 13.1 Å². The molecule has 10 heteroatoms. The van der Waals surface area contributed by atoms with Gasteiger partial charge in [0, 0.05) is 18.0 Å². The van der Waals surface area contributed by atoms with E-state index in [1.807, 2.05) is 0 Å². The number of anilines is 1. The van der Waals surface area contributed by atoms with E-state index in [1.165, 1.54) is 12.0 Å². The molecule has 0 amide bonds. The van der Waals surface area contributed by atoms with Crippen molar-refractivity contribution in [1.82, 2.24) is 4.98 Å². The van der Waals surface area contributed by atoms with Crippen LogP contribution in [0.2, 0.25) is 0 Å². The third-order valence-electron chi connectivity index (χ3n) is 3.49. The molecule has 0 bridgehead atoms. The highest BCUT2D eigenvalue weighted by molar-refractivity contribution is 7.15. The van der Waals surface area contributed by atoms with Gasteiger partial charge in [0.05, 0.1) is 18.9 Å². The van der Waals surface area contributed by atoms with Crippen molar-refractivity contribution < 1.29 is 32.6 Å². The molecule has 1 aromatic rings. The molecule has 0 unspecified atom stereocenters. The third kappa shape index (κ3) is 3.01. The van der Waals surface area contributed by atoms with E-state index in [4.69, 9.17) is 5.11 Å². The number of esters is 1. The summed E-state index contributed by atoms with van der Waals surface area (Å²) in [5, 5.41) is 9.17. The molecule has 2 atom stereocenters. The maximum Gasteiger partial charge on any atom is 0.394 e. The number of hydrogen-bond acceptors (Lipinski definition) is 6. The van der Waals surface area contributed by atoms with Gasteiger partial charge in [0.1, 0.15) is 0 Å². The van der Waals surface area contributed by atoms with Crippen molar-refractivity contribution in [2.75, 3.05) is 25.1 Å². The molecular weight excluding hydrogens is 325 g/mol. The SMILES string of the molecule is COC(=O)c1nc(N2C[C@@H](C(F)(F)F)[C@H](C(=O)O)C2)sc1C. The highest BCUT2D eigenvalue weighted by Crippen LogP contribution is 2.40. The quantitative estimate of drug-likeness (QED) is 0.849. The zero-order chi connectivity index (χ0) is 16.7. The molecule has 0 aromatic carbocycles. The molecule has 1 aromatic heterocycles. The van der Waals surface area contributed by atoms with Gasteiger partial charge in [-0.15, -0.1) is 11.3 Å². The summed E-state index contributed by atoms with van der Waals surface area (Å²) in [4.78, 5) is 28.3. The van der Waals surface area contributed by atoms with Crippen LogP contribution < -0.4 is 4.90 Å². The van der Waals surface area contributed by atoms with Crippen LogP contribution in [0.25, 0.3) is 0 Å². The van der Waals surface area contributed by atoms with Gasteiger partial charge in [-0.25, -0.2) is 9.78 Å². The summed E-state index contributed by atoms with van der Waals surface area (Å²) in [6, 6.07) is 0. The molecular formula is C12H13F3N2O4S. The minimum Gasteiger partial charge on any atom is -0.481 e. The van der Waals surface area contributed by atoms with Crippen molar-refractivity contribution in [2.24, 2.45) is 11.8 Å². The Labute approximate surface area is 127 Å². The number of hydrogen-bond donors (Lipinski definition) is 1. The van der Waals surface area contributed by atoms with Gasteiger partial charge in [-0.2, -0.15) is 13.2 Å². The zero-order valence-electron chi connectivity index (χ0n) is 11.7. The van der Waals surface area contributed by atoms with Crippen LogP contribution in [-0.4, -0.2) is 48.4 Å². The second kappa shape index (κ2) is 5.75. The lowest BCUT2D eigenvalue weighted by Gasteiger charge is -2.17. The number of methoxy groups -OCH3 is 1. The van der Waals surface area contributed by atoms with Crippen molar-refractivity contribution in [3.8, 4) is 0 Å². The van der Waals surface area contributed by atoms with Crippen LogP contribution >= 0.6 is 11.3 Å². The van der Waals surface area contributed by atoms with Gasteiger partial charge in [0.2, 0.25) is 0 Å². The fourth-order valence-corrected chi connectivity index (χ4v) is 3.26. The summed E-state index contributed by atoms with van der Waals surface area (Å²) in [7, 11) is 1.18. The smallest absolute Gasteiger partial charge is 0.394 e. The summed E-state index contributed by atoms with van der Waals surface area (Å²) in [5.41, 5.74) is 0.0323. The van der Waals surface area contributed by atoms with E-state index >= 15 is 0 Å². The molecule has 0 spiro atoms. The van der Waals surface area contributed by atoms with Gasteiger partial charge in [-0.05, 0) is 6.92 Å². The van der Waals surface area contributed by atoms with Crippen molar-refractivity contribution >= 4 is 28.4 Å². The molecule has 6 nitrogen and oxygen atoms in total. The topological polar surface area (TPSA) is 79.7 Å². The highest BCUT2D eigenvalue weighted by Gasteiger charge is 2.53. The summed E-state index contributed by atoms with van der Waals surface area (Å²) in [6.07, 6.45) is -4.60. The Hall–Kier alpha value is -1.84. The molecule has 2 rings (SSSR count). The van der Waals surface area contributed by atoms with E-state index in [1.54, 1.807) is 6.92 Å². The van der Waals surface area contributed by atoms with Gasteiger partial charge >= 0.3 is 18.1 Å². The van der Waals surface area contributed by atoms with Crippen molar-refractivity contribution in [3.05, 3.63) is 10.6 Å². The minimum atomic E-state index is -4.60. The van der Waals surface area contributed by atoms with Crippen LogP contribution in [0.5, 0.6) is 0 Å². The van der Waals surface area contributed by atoms with E-state index in [-0.39, 0.29) is 17.4 Å². The van der Waals surface area contributed by atoms with Gasteiger partial charge in [0.15, 0.2) is 10.8 Å². The van der Waals surface area contributed by atoms with Crippen LogP contribution in [0.1, 0.15) is 15.4 Å². The van der Waals surface area contributed by atoms with E-state index in [0.29, 0.717) is 4.88 Å². The molecule has 1 aliphatic rings. The standard InChI is InChI=1S/C12H13F3N2O4S/c1-5-8(10(20)21-2)16-11(22-5)17-3-6(9(18)19)7(4-17)12(13,14)15/h6-7H,3-4H2,1-2H3,(H,18,19)/t6-,7-/m1/s1. The zero-order valence-corrected chi connectivity index (χ0v) is 12.5. The Bertz CT molecular complexity index is 602. The minimum absolute atomic E-state index is 0.0323. The van der Waals surface area contributed by atoms with Crippen LogP contribution in [0, 0.1) is 18.8 Å². The number of ether oxygens (including phenoxy) is 1. The van der Waals surface area contributed by atoms with Crippen molar-refractivity contribution in [1.29, 1.82) is 0 Å². The first-order valence-corrected chi connectivity index (χ1v) is 7.07. The molecule has 22 heavy (non-hydrogen) atoms. The first-order chi connectivity index (χ1) is 10.1. The Balaban J connectivity index is 2.28. The Kier molecular flexibility index (Phi) is 4.32. The van der Waals surface area contributed by atoms with E-state index in [2.05, 4.69) is 9.72 Å². The van der Waals surface area contributed by atoms with Gasteiger partial charge in [0.25, 0.3) is 0 Å². The second-order valence-corrected chi connectivity index (χ2v) is 6.07. The third-order valence-corrected chi connectivity index (χ3v) is 4.52. The largest absolute Gasteiger partial charge is 0.481 e. The molecule has 1 fully saturated rings. The van der Waals surface area contributed by atoms with Crippen molar-refractivity contribution in [3.63, 3.8) is 0 Å². The van der Waals surface area contributed by atoms with E-state index in [9.17, 15) is 22.8 Å². The molecule has 0 saturated carbocycles. The lowest BCUT2D eigenvalue weighted by molar-refractivity contribution is -0.187. The molecule has 0 aliphatic carbocycles. The monoisotopic (exact) mass is 338 g/mol. The number of nitrogens with zero attached hydrogens (tertiary/aromatic N) is 2. The Morgan fingerprint density at radius 2 is 2.05 bits per heavy atom. The molecule has 1 saturated heterocycles. The average Bonchev–Trinajstić information content (AvgIpc) is 3.00. The number of carbonyl (C=O) groups excluding carboxylic acids is 1. The average molecular weight is 338 g/mol. The highest BCUT2D eigenvalue weighted by atomic mass is 32.1. The van der Waals surface area contributed by atoms with Gasteiger partial charge in [-0.1, -0.05) is 0 Å². The summed E-state index contributed by atoms with van der Waals surface area (Å²) < 4.78 is 43.4. The Morgan fingerprint density at radius 3 is 2.50 bits per heavy atom. The molecule has 1 aliphatic heterocycles. The van der Waals surface area contributed by atoms with Crippen LogP contribution in [0.3, 0.4) is 0 Å². The normalized spacial score (nSPS) is 22.0. The molecule has 1 N–H and O–H groups in total. The predicted molar refractivity (Wildman–Crippen MR) is 71.1 cm³/mol. The number of thiazole rings is 1. The fourth-order valence-electron chi connectivity index (χ4n) is 2.35. The number of halogens is 3. The molecule has 0 radical (unpaired) electrons. The lowest BCUT2D eigenvalue weighted by atomic mass is 9.96. The Morgan fingerprint density at radius 1 is 1.41 bits per heavy atom. The van der Waals surface area contributed by atoms with E-state index < -0.39 is 36.5 Å². The second-order valence-electron chi connectivity index (χ2n) is 4.89. The molecule has 2 heterocycles. The van der Waals surface area contributed by atoms with Gasteiger partial charge in [-0.3, -0.25) is 4.79 Å². The van der Waals surface area contributed by atoms with Crippen LogP contribution in [-0.2, 0) is 9.53 Å². The predicted octanol–water partition coefficient (Wildman–Crippen LogP) is 1.94. The first-order valence-electron chi connectivity index (χ1n) is 6.25. The summed E-state index contributed by atoms with van der Waals surface area (Å²) in [6.45, 7) is 0.806. The number of carboxylic acid groups (broad SMARTS) is 1. The van der Waals surface area contributed by atoms with Crippen LogP contribution in [0.4, 0.5) is 18.3 Å². The lowest BCUT2D eigenvalue weighted by Crippen LogP contribution is -2.33. The first kappa shape index (κ1) is 16.5. The maximum absolute atomic E-state index is 12.9. The number of aromatic nitrogens is 1. The molecule has 122 valence electrons. The van der Waals surface area contributed by atoms with Gasteiger partial charge < -0.3 is 14.7 Å². The fraction of sp³-hybridized carbons (Fsp3) is 0.583. The van der Waals surface area contributed by atoms with Crippen LogP contribution in [0.15, 0.2) is 0 Å². The number of carbonyl (C=O) groups is 2. The number of aliphatic carboxylic acids is 1. The maximum atomic E-state index is 12.9. The van der Waals surface area contributed by atoms with E-state index in [0.717, 1.165) is 11.3 Å². The number of carboxylic acids is 1. The summed E-state index contributed by atoms with van der Waals surface area (Å²) >= 11 is 1.04. The number of alkyl halides is 3. The number of rotatable bonds is 3. The summed E-state index contributed by atoms with van der Waals surface area (Å²) in [5.74, 6) is -5.69. The number of aryl methyl sites for hydroxylation is 1.